The number of aromatic nitrogens is 2. The van der Waals surface area contributed by atoms with Gasteiger partial charge in [0, 0.05) is 18.7 Å². The van der Waals surface area contributed by atoms with Gasteiger partial charge in [-0.05, 0) is 35.0 Å². The molecule has 1 heterocycles. The minimum absolute atomic E-state index is 0.0211. The van der Waals surface area contributed by atoms with Gasteiger partial charge in [-0.25, -0.2) is 0 Å². The van der Waals surface area contributed by atoms with Crippen molar-refractivity contribution >= 4 is 15.9 Å². The van der Waals surface area contributed by atoms with Crippen molar-refractivity contribution in [1.29, 1.82) is 0 Å². The molecule has 2 rings (SSSR count). The van der Waals surface area contributed by atoms with Gasteiger partial charge in [0.2, 0.25) is 0 Å². The van der Waals surface area contributed by atoms with Crippen molar-refractivity contribution in [3.05, 3.63) is 50.9 Å². The molecule has 0 bridgehead atoms. The first-order chi connectivity index (χ1) is 8.68. The van der Waals surface area contributed by atoms with Crippen molar-refractivity contribution in [2.24, 2.45) is 0 Å². The third-order valence-electron chi connectivity index (χ3n) is 2.60. The zero-order valence-electron chi connectivity index (χ0n) is 10.1. The van der Waals surface area contributed by atoms with Gasteiger partial charge in [-0.1, -0.05) is 18.2 Å². The molecule has 0 aliphatic rings. The molecule has 1 aromatic heterocycles. The summed E-state index contributed by atoms with van der Waals surface area (Å²) in [6, 6.07) is 9.66. The van der Waals surface area contributed by atoms with Gasteiger partial charge in [-0.15, -0.1) is 0 Å². The molecular weight excluding hydrogens is 296 g/mol. The van der Waals surface area contributed by atoms with Crippen molar-refractivity contribution in [3.63, 3.8) is 0 Å². The SMILES string of the molecule is Cc1[nH]n(CCCOc2ccccc2)c(=O)c1Br. The standard InChI is InChI=1S/C13H15BrN2O2/c1-10-12(14)13(17)16(15-10)8-5-9-18-11-6-3-2-4-7-11/h2-4,6-7,15H,5,8-9H2,1H3. The molecule has 0 spiro atoms. The summed E-state index contributed by atoms with van der Waals surface area (Å²) in [6.07, 6.45) is 0.779. The summed E-state index contributed by atoms with van der Waals surface area (Å²) in [6.45, 7) is 3.08. The van der Waals surface area contributed by atoms with E-state index in [1.54, 1.807) is 4.68 Å². The average molecular weight is 311 g/mol. The van der Waals surface area contributed by atoms with Gasteiger partial charge < -0.3 is 4.74 Å². The molecule has 1 N–H and O–H groups in total. The van der Waals surface area contributed by atoms with E-state index >= 15 is 0 Å². The summed E-state index contributed by atoms with van der Waals surface area (Å²) < 4.78 is 7.76. The highest BCUT2D eigenvalue weighted by Crippen LogP contribution is 2.09. The first-order valence-corrected chi connectivity index (χ1v) is 6.60. The van der Waals surface area contributed by atoms with Crippen LogP contribution in [-0.4, -0.2) is 16.4 Å². The molecule has 2 aromatic rings. The smallest absolute Gasteiger partial charge is 0.281 e. The number of nitrogens with zero attached hydrogens (tertiary/aromatic N) is 1. The van der Waals surface area contributed by atoms with Crippen LogP contribution in [0.2, 0.25) is 0 Å². The third kappa shape index (κ3) is 3.04. The fourth-order valence-corrected chi connectivity index (χ4v) is 1.97. The maximum absolute atomic E-state index is 11.7. The van der Waals surface area contributed by atoms with Crippen molar-refractivity contribution in [2.75, 3.05) is 6.61 Å². The zero-order chi connectivity index (χ0) is 13.0. The van der Waals surface area contributed by atoms with Gasteiger partial charge in [0.15, 0.2) is 0 Å². The first-order valence-electron chi connectivity index (χ1n) is 5.81. The number of ether oxygens (including phenoxy) is 1. The lowest BCUT2D eigenvalue weighted by Gasteiger charge is -2.05. The Balaban J connectivity index is 1.82. The van der Waals surface area contributed by atoms with Crippen LogP contribution in [0, 0.1) is 6.92 Å². The van der Waals surface area contributed by atoms with Gasteiger partial charge in [-0.3, -0.25) is 14.6 Å². The number of hydrogen-bond donors (Lipinski definition) is 1. The van der Waals surface area contributed by atoms with E-state index in [4.69, 9.17) is 4.74 Å². The van der Waals surface area contributed by atoms with Crippen LogP contribution in [0.1, 0.15) is 12.1 Å². The van der Waals surface area contributed by atoms with Crippen LogP contribution in [0.25, 0.3) is 0 Å². The third-order valence-corrected chi connectivity index (χ3v) is 3.54. The molecule has 0 saturated heterocycles. The van der Waals surface area contributed by atoms with Crippen LogP contribution in [0.15, 0.2) is 39.6 Å². The van der Waals surface area contributed by atoms with E-state index in [-0.39, 0.29) is 5.56 Å². The molecule has 0 radical (unpaired) electrons. The Kier molecular flexibility index (Phi) is 4.25. The van der Waals surface area contributed by atoms with Crippen LogP contribution in [0.4, 0.5) is 0 Å². The van der Waals surface area contributed by atoms with E-state index in [2.05, 4.69) is 21.0 Å². The predicted molar refractivity (Wildman–Crippen MR) is 74.0 cm³/mol. The molecule has 4 nitrogen and oxygen atoms in total. The largest absolute Gasteiger partial charge is 0.494 e. The minimum Gasteiger partial charge on any atom is -0.494 e. The van der Waals surface area contributed by atoms with Crippen molar-refractivity contribution < 1.29 is 4.74 Å². The molecule has 0 aliphatic heterocycles. The van der Waals surface area contributed by atoms with E-state index in [0.717, 1.165) is 17.9 Å². The fraction of sp³-hybridized carbons (Fsp3) is 0.308. The molecule has 1 aromatic carbocycles. The quantitative estimate of drug-likeness (QED) is 0.863. The van der Waals surface area contributed by atoms with E-state index in [1.807, 2.05) is 37.3 Å². The van der Waals surface area contributed by atoms with Gasteiger partial charge in [0.05, 0.1) is 6.61 Å². The predicted octanol–water partition coefficient (Wildman–Crippen LogP) is 2.72. The summed E-state index contributed by atoms with van der Waals surface area (Å²) >= 11 is 3.25. The number of hydrogen-bond acceptors (Lipinski definition) is 2. The topological polar surface area (TPSA) is 47.0 Å². The van der Waals surface area contributed by atoms with Crippen LogP contribution in [0.5, 0.6) is 5.75 Å². The molecule has 18 heavy (non-hydrogen) atoms. The lowest BCUT2D eigenvalue weighted by Crippen LogP contribution is -2.18. The molecular formula is C13H15BrN2O2. The number of para-hydroxylation sites is 1. The molecule has 96 valence electrons. The fourth-order valence-electron chi connectivity index (χ4n) is 1.67. The Labute approximate surface area is 114 Å². The number of aromatic amines is 1. The van der Waals surface area contributed by atoms with Crippen molar-refractivity contribution in [2.45, 2.75) is 19.9 Å². The zero-order valence-corrected chi connectivity index (χ0v) is 11.7. The summed E-state index contributed by atoms with van der Waals surface area (Å²) in [5, 5.41) is 3.01. The number of H-pyrrole nitrogens is 1. The number of halogens is 1. The summed E-state index contributed by atoms with van der Waals surface area (Å²) in [5.41, 5.74) is 0.830. The van der Waals surface area contributed by atoms with E-state index < -0.39 is 0 Å². The molecule has 0 unspecified atom stereocenters. The van der Waals surface area contributed by atoms with Crippen LogP contribution >= 0.6 is 15.9 Å². The number of benzene rings is 1. The van der Waals surface area contributed by atoms with Gasteiger partial charge >= 0.3 is 0 Å². The molecule has 0 aliphatic carbocycles. The van der Waals surface area contributed by atoms with Crippen molar-refractivity contribution in [3.8, 4) is 5.75 Å². The summed E-state index contributed by atoms with van der Waals surface area (Å²) in [7, 11) is 0. The average Bonchev–Trinajstić information content (AvgIpc) is 2.64. The number of aryl methyl sites for hydroxylation is 2. The molecule has 5 heteroatoms. The Morgan fingerprint density at radius 2 is 2.06 bits per heavy atom. The van der Waals surface area contributed by atoms with E-state index in [0.29, 0.717) is 17.6 Å². The molecule has 0 fully saturated rings. The Hall–Kier alpha value is -1.49. The highest BCUT2D eigenvalue weighted by atomic mass is 79.9. The van der Waals surface area contributed by atoms with E-state index in [9.17, 15) is 4.79 Å². The molecule has 0 saturated carbocycles. The Morgan fingerprint density at radius 3 is 2.67 bits per heavy atom. The maximum atomic E-state index is 11.7. The first kappa shape index (κ1) is 13.0. The van der Waals surface area contributed by atoms with Crippen LogP contribution in [-0.2, 0) is 6.54 Å². The second-order valence-corrected chi connectivity index (χ2v) is 4.82. The normalized spacial score (nSPS) is 10.6. The van der Waals surface area contributed by atoms with Crippen LogP contribution in [0.3, 0.4) is 0 Å². The summed E-state index contributed by atoms with van der Waals surface area (Å²) in [5.74, 6) is 0.855. The maximum Gasteiger partial charge on any atom is 0.281 e. The van der Waals surface area contributed by atoms with E-state index in [1.165, 1.54) is 0 Å². The monoisotopic (exact) mass is 310 g/mol. The highest BCUT2D eigenvalue weighted by molar-refractivity contribution is 9.10. The lowest BCUT2D eigenvalue weighted by molar-refractivity contribution is 0.297. The van der Waals surface area contributed by atoms with Gasteiger partial charge in [0.1, 0.15) is 10.2 Å². The lowest BCUT2D eigenvalue weighted by atomic mass is 10.3. The minimum atomic E-state index is -0.0211. The van der Waals surface area contributed by atoms with Gasteiger partial charge in [-0.2, -0.15) is 0 Å². The Morgan fingerprint density at radius 1 is 1.33 bits per heavy atom. The summed E-state index contributed by atoms with van der Waals surface area (Å²) in [4.78, 5) is 11.7. The second-order valence-electron chi connectivity index (χ2n) is 4.02. The van der Waals surface area contributed by atoms with Gasteiger partial charge in [0.25, 0.3) is 5.56 Å². The Bertz CT molecular complexity index is 560. The van der Waals surface area contributed by atoms with Crippen molar-refractivity contribution in [1.82, 2.24) is 9.78 Å². The highest BCUT2D eigenvalue weighted by Gasteiger charge is 2.06. The number of nitrogens with one attached hydrogen (secondary N) is 1. The number of rotatable bonds is 5. The van der Waals surface area contributed by atoms with Crippen LogP contribution < -0.4 is 10.3 Å². The second kappa shape index (κ2) is 5.91. The molecule has 0 atom stereocenters. The molecule has 0 amide bonds.